The topological polar surface area (TPSA) is 75.6 Å². The number of amides is 1. The van der Waals surface area contributed by atoms with E-state index in [2.05, 4.69) is 5.32 Å². The van der Waals surface area contributed by atoms with Crippen molar-refractivity contribution >= 4 is 11.9 Å². The van der Waals surface area contributed by atoms with E-state index in [1.807, 2.05) is 0 Å². The molecule has 0 saturated carbocycles. The lowest BCUT2D eigenvalue weighted by Gasteiger charge is -2.17. The van der Waals surface area contributed by atoms with Gasteiger partial charge in [-0.1, -0.05) is 12.1 Å². The number of carboxylic acid groups (broad SMARTS) is 1. The number of carbonyl (C=O) groups excluding carboxylic acids is 1. The molecule has 0 spiro atoms. The molecule has 2 rings (SSSR count). The summed E-state index contributed by atoms with van der Waals surface area (Å²) in [5.41, 5.74) is -0.0615. The second kappa shape index (κ2) is 7.21. The summed E-state index contributed by atoms with van der Waals surface area (Å²) in [5, 5.41) is 11.5. The Bertz CT molecular complexity index is 600. The van der Waals surface area contributed by atoms with E-state index in [0.717, 1.165) is 12.1 Å². The third kappa shape index (κ3) is 4.70. The Kier molecular flexibility index (Phi) is 5.48. The van der Waals surface area contributed by atoms with Crippen LogP contribution in [0.3, 0.4) is 0 Å². The van der Waals surface area contributed by atoms with Gasteiger partial charge in [-0.2, -0.15) is 13.2 Å². The number of ether oxygens (including phenoxy) is 1. The Hall–Kier alpha value is -2.09. The molecule has 0 aliphatic carbocycles. The van der Waals surface area contributed by atoms with Crippen molar-refractivity contribution in [1.29, 1.82) is 0 Å². The van der Waals surface area contributed by atoms with Gasteiger partial charge in [0, 0.05) is 6.04 Å². The minimum atomic E-state index is -4.38. The zero-order valence-corrected chi connectivity index (χ0v) is 13.0. The first-order valence-electron chi connectivity index (χ1n) is 7.51. The standard InChI is InChI=1S/C16H18F3NO4/c1-9(8-10-2-4-11(5-3-10)16(17,18)19)20-14(21)12-6-7-13(24-12)15(22)23/h2-5,9,12-13H,6-8H2,1H3,(H,20,21)(H,22,23)/t9?,12-,13+/m0/s1. The lowest BCUT2D eigenvalue weighted by molar-refractivity contribution is -0.151. The van der Waals surface area contributed by atoms with Gasteiger partial charge >= 0.3 is 12.1 Å². The highest BCUT2D eigenvalue weighted by Crippen LogP contribution is 2.29. The van der Waals surface area contributed by atoms with Crippen LogP contribution >= 0.6 is 0 Å². The molecule has 1 aliphatic rings. The lowest BCUT2D eigenvalue weighted by atomic mass is 10.0. The van der Waals surface area contributed by atoms with Crippen LogP contribution in [0.2, 0.25) is 0 Å². The highest BCUT2D eigenvalue weighted by molar-refractivity contribution is 5.82. The molecule has 0 radical (unpaired) electrons. The summed E-state index contributed by atoms with van der Waals surface area (Å²) in [5.74, 6) is -1.50. The maximum absolute atomic E-state index is 12.5. The van der Waals surface area contributed by atoms with E-state index in [9.17, 15) is 22.8 Å². The molecule has 1 amide bonds. The number of carbonyl (C=O) groups is 2. The monoisotopic (exact) mass is 345 g/mol. The Labute approximate surface area is 136 Å². The third-order valence-corrected chi connectivity index (χ3v) is 3.80. The molecule has 8 heteroatoms. The van der Waals surface area contributed by atoms with Crippen molar-refractivity contribution in [2.24, 2.45) is 0 Å². The molecule has 24 heavy (non-hydrogen) atoms. The quantitative estimate of drug-likeness (QED) is 0.859. The number of rotatable bonds is 5. The van der Waals surface area contributed by atoms with Crippen LogP contribution in [0.5, 0.6) is 0 Å². The van der Waals surface area contributed by atoms with Crippen LogP contribution in [0.4, 0.5) is 13.2 Å². The van der Waals surface area contributed by atoms with Gasteiger partial charge < -0.3 is 15.2 Å². The number of hydrogen-bond donors (Lipinski definition) is 2. The van der Waals surface area contributed by atoms with Crippen molar-refractivity contribution in [2.45, 2.75) is 50.6 Å². The van der Waals surface area contributed by atoms with Crippen LogP contribution in [0, 0.1) is 0 Å². The zero-order chi connectivity index (χ0) is 17.9. The van der Waals surface area contributed by atoms with Gasteiger partial charge in [0.25, 0.3) is 0 Å². The summed E-state index contributed by atoms with van der Waals surface area (Å²) in [6.07, 6.45) is -5.18. The molecule has 1 heterocycles. The molecule has 3 atom stereocenters. The average Bonchev–Trinajstić information content (AvgIpc) is 2.96. The van der Waals surface area contributed by atoms with E-state index in [4.69, 9.17) is 9.84 Å². The number of aliphatic carboxylic acids is 1. The Balaban J connectivity index is 1.86. The Morgan fingerprint density at radius 1 is 1.25 bits per heavy atom. The highest BCUT2D eigenvalue weighted by Gasteiger charge is 2.35. The molecule has 1 fully saturated rings. The van der Waals surface area contributed by atoms with Gasteiger partial charge in [0.1, 0.15) is 6.10 Å². The molecule has 1 unspecified atom stereocenters. The Morgan fingerprint density at radius 2 is 1.83 bits per heavy atom. The molecular formula is C16H18F3NO4. The van der Waals surface area contributed by atoms with E-state index in [1.54, 1.807) is 6.92 Å². The van der Waals surface area contributed by atoms with Gasteiger partial charge in [0.05, 0.1) is 5.56 Å². The first-order valence-corrected chi connectivity index (χ1v) is 7.51. The largest absolute Gasteiger partial charge is 0.479 e. The summed E-state index contributed by atoms with van der Waals surface area (Å²) in [7, 11) is 0. The van der Waals surface area contributed by atoms with Crippen molar-refractivity contribution in [3.8, 4) is 0 Å². The van der Waals surface area contributed by atoms with Crippen LogP contribution in [-0.2, 0) is 26.9 Å². The van der Waals surface area contributed by atoms with Gasteiger partial charge in [0.15, 0.2) is 6.10 Å². The average molecular weight is 345 g/mol. The summed E-state index contributed by atoms with van der Waals surface area (Å²) in [6.45, 7) is 1.72. The number of benzene rings is 1. The third-order valence-electron chi connectivity index (χ3n) is 3.80. The fraction of sp³-hybridized carbons (Fsp3) is 0.500. The molecule has 0 bridgehead atoms. The van der Waals surface area contributed by atoms with E-state index < -0.39 is 35.8 Å². The minimum absolute atomic E-state index is 0.278. The predicted octanol–water partition coefficient (Wildman–Crippen LogP) is 2.38. The SMILES string of the molecule is CC(Cc1ccc(C(F)(F)F)cc1)NC(=O)[C@@H]1CC[C@H](C(=O)O)O1. The number of halogens is 3. The van der Waals surface area contributed by atoms with Crippen molar-refractivity contribution in [2.75, 3.05) is 0 Å². The van der Waals surface area contributed by atoms with Gasteiger partial charge in [-0.15, -0.1) is 0 Å². The van der Waals surface area contributed by atoms with Crippen LogP contribution < -0.4 is 5.32 Å². The maximum Gasteiger partial charge on any atom is 0.416 e. The van der Waals surface area contributed by atoms with E-state index in [-0.39, 0.29) is 12.5 Å². The van der Waals surface area contributed by atoms with Gasteiger partial charge in [-0.05, 0) is 43.9 Å². The molecule has 5 nitrogen and oxygen atoms in total. The van der Waals surface area contributed by atoms with Gasteiger partial charge in [0.2, 0.25) is 5.91 Å². The lowest BCUT2D eigenvalue weighted by Crippen LogP contribution is -2.41. The van der Waals surface area contributed by atoms with Crippen LogP contribution in [0.15, 0.2) is 24.3 Å². The summed E-state index contributed by atoms with van der Waals surface area (Å²) in [4.78, 5) is 22.8. The zero-order valence-electron chi connectivity index (χ0n) is 13.0. The van der Waals surface area contributed by atoms with Crippen molar-refractivity contribution < 1.29 is 32.6 Å². The molecule has 0 aromatic heterocycles. The maximum atomic E-state index is 12.5. The molecular weight excluding hydrogens is 327 g/mol. The summed E-state index contributed by atoms with van der Waals surface area (Å²) >= 11 is 0. The summed E-state index contributed by atoms with van der Waals surface area (Å²) < 4.78 is 42.7. The number of nitrogens with one attached hydrogen (secondary N) is 1. The first kappa shape index (κ1) is 18.3. The molecule has 1 saturated heterocycles. The highest BCUT2D eigenvalue weighted by atomic mass is 19.4. The van der Waals surface area contributed by atoms with E-state index in [0.29, 0.717) is 18.4 Å². The van der Waals surface area contributed by atoms with Crippen LogP contribution in [0.25, 0.3) is 0 Å². The number of carboxylic acids is 1. The van der Waals surface area contributed by atoms with Crippen molar-refractivity contribution in [3.05, 3.63) is 35.4 Å². The van der Waals surface area contributed by atoms with E-state index in [1.165, 1.54) is 12.1 Å². The van der Waals surface area contributed by atoms with Crippen LogP contribution in [0.1, 0.15) is 30.9 Å². The van der Waals surface area contributed by atoms with Crippen molar-refractivity contribution in [3.63, 3.8) is 0 Å². The van der Waals surface area contributed by atoms with Crippen LogP contribution in [-0.4, -0.2) is 35.2 Å². The normalized spacial score (nSPS) is 22.2. The predicted molar refractivity (Wildman–Crippen MR) is 78.3 cm³/mol. The molecule has 132 valence electrons. The molecule has 2 N–H and O–H groups in total. The Morgan fingerprint density at radius 3 is 2.33 bits per heavy atom. The number of hydrogen-bond acceptors (Lipinski definition) is 3. The minimum Gasteiger partial charge on any atom is -0.479 e. The van der Waals surface area contributed by atoms with E-state index >= 15 is 0 Å². The van der Waals surface area contributed by atoms with Gasteiger partial charge in [-0.3, -0.25) is 4.79 Å². The second-order valence-electron chi connectivity index (χ2n) is 5.84. The molecule has 1 aromatic carbocycles. The number of alkyl halides is 3. The fourth-order valence-electron chi connectivity index (χ4n) is 2.58. The second-order valence-corrected chi connectivity index (χ2v) is 5.84. The van der Waals surface area contributed by atoms with Gasteiger partial charge in [-0.25, -0.2) is 4.79 Å². The summed E-state index contributed by atoms with van der Waals surface area (Å²) in [6, 6.07) is 4.43. The molecule has 1 aliphatic heterocycles. The van der Waals surface area contributed by atoms with Crippen molar-refractivity contribution in [1.82, 2.24) is 5.32 Å². The smallest absolute Gasteiger partial charge is 0.416 e. The fourth-order valence-corrected chi connectivity index (χ4v) is 2.58. The first-order chi connectivity index (χ1) is 11.2. The molecule has 1 aromatic rings.